The van der Waals surface area contributed by atoms with Crippen LogP contribution in [0, 0.1) is 5.41 Å². The fourth-order valence-electron chi connectivity index (χ4n) is 4.09. The van der Waals surface area contributed by atoms with Crippen molar-refractivity contribution in [2.75, 3.05) is 39.4 Å². The molecule has 0 unspecified atom stereocenters. The van der Waals surface area contributed by atoms with Crippen LogP contribution in [-0.2, 0) is 11.3 Å². The maximum Gasteiger partial charge on any atom is 0.251 e. The molecule has 0 radical (unpaired) electrons. The Morgan fingerprint density at radius 3 is 2.38 bits per heavy atom. The van der Waals surface area contributed by atoms with Gasteiger partial charge < -0.3 is 15.8 Å². The summed E-state index contributed by atoms with van der Waals surface area (Å²) in [5.74, 6) is 0.0236. The first-order chi connectivity index (χ1) is 12.2. The van der Waals surface area contributed by atoms with Gasteiger partial charge in [0.25, 0.3) is 5.91 Å². The molecule has 0 spiro atoms. The Morgan fingerprint density at radius 1 is 1.12 bits per heavy atom. The predicted octanol–water partition coefficient (Wildman–Crippen LogP) is 2.58. The van der Waals surface area contributed by atoms with Crippen molar-refractivity contribution in [1.82, 2.24) is 10.2 Å². The number of carbonyl (C=O) groups is 1. The second kappa shape index (κ2) is 10.3. The summed E-state index contributed by atoms with van der Waals surface area (Å²) in [7, 11) is 0. The topological polar surface area (TPSA) is 67.6 Å². The molecule has 0 atom stereocenters. The number of nitrogens with one attached hydrogen (secondary N) is 1. The summed E-state index contributed by atoms with van der Waals surface area (Å²) in [6, 6.07) is 7.60. The maximum absolute atomic E-state index is 12.5. The van der Waals surface area contributed by atoms with Gasteiger partial charge in [0.1, 0.15) is 0 Å². The highest BCUT2D eigenvalue weighted by atomic mass is 35.5. The number of morpholine rings is 1. The molecule has 1 aliphatic carbocycles. The number of hydrogen-bond donors (Lipinski definition) is 2. The first-order valence-electron chi connectivity index (χ1n) is 9.58. The van der Waals surface area contributed by atoms with Gasteiger partial charge in [-0.25, -0.2) is 0 Å². The van der Waals surface area contributed by atoms with Crippen molar-refractivity contribution in [2.24, 2.45) is 11.1 Å². The molecule has 2 fully saturated rings. The molecule has 3 rings (SSSR count). The third-order valence-electron chi connectivity index (χ3n) is 5.65. The number of benzene rings is 1. The van der Waals surface area contributed by atoms with Gasteiger partial charge in [-0.15, -0.1) is 12.4 Å². The Kier molecular flexibility index (Phi) is 8.35. The third kappa shape index (κ3) is 5.68. The summed E-state index contributed by atoms with van der Waals surface area (Å²) in [5.41, 5.74) is 7.60. The van der Waals surface area contributed by atoms with Crippen molar-refractivity contribution in [3.05, 3.63) is 35.4 Å². The number of carbonyl (C=O) groups excluding carboxylic acids is 1. The van der Waals surface area contributed by atoms with Crippen LogP contribution in [0.4, 0.5) is 0 Å². The van der Waals surface area contributed by atoms with E-state index < -0.39 is 0 Å². The van der Waals surface area contributed by atoms with Crippen LogP contribution in [0.1, 0.15) is 48.0 Å². The summed E-state index contributed by atoms with van der Waals surface area (Å²) < 4.78 is 5.48. The molecule has 146 valence electrons. The van der Waals surface area contributed by atoms with Gasteiger partial charge in [0.05, 0.1) is 13.2 Å². The summed E-state index contributed by atoms with van der Waals surface area (Å²) >= 11 is 0. The minimum atomic E-state index is 0. The lowest BCUT2D eigenvalue weighted by molar-refractivity contribution is 0.00728. The van der Waals surface area contributed by atoms with E-state index in [-0.39, 0.29) is 23.7 Å². The average Bonchev–Trinajstić information content (AvgIpc) is 2.68. The lowest BCUT2D eigenvalue weighted by Crippen LogP contribution is -2.49. The number of rotatable bonds is 6. The summed E-state index contributed by atoms with van der Waals surface area (Å²) in [6.07, 6.45) is 6.27. The SMILES string of the molecule is Cl.NCc1ccc(C(=O)NCC2(CN3CCOCC3)CCCCC2)cc1. The highest BCUT2D eigenvalue weighted by Gasteiger charge is 2.34. The van der Waals surface area contributed by atoms with Gasteiger partial charge in [0.2, 0.25) is 0 Å². The van der Waals surface area contributed by atoms with Crippen molar-refractivity contribution >= 4 is 18.3 Å². The Bertz CT molecular complexity index is 553. The number of ether oxygens (including phenoxy) is 1. The average molecular weight is 382 g/mol. The van der Waals surface area contributed by atoms with Gasteiger partial charge in [-0.3, -0.25) is 9.69 Å². The molecule has 0 aromatic heterocycles. The van der Waals surface area contributed by atoms with Crippen molar-refractivity contribution < 1.29 is 9.53 Å². The predicted molar refractivity (Wildman–Crippen MR) is 107 cm³/mol. The molecule has 6 heteroatoms. The molecule has 1 aromatic rings. The molecule has 1 saturated carbocycles. The second-order valence-electron chi connectivity index (χ2n) is 7.53. The highest BCUT2D eigenvalue weighted by Crippen LogP contribution is 2.36. The van der Waals surface area contributed by atoms with E-state index >= 15 is 0 Å². The van der Waals surface area contributed by atoms with Crippen LogP contribution in [0.15, 0.2) is 24.3 Å². The largest absolute Gasteiger partial charge is 0.379 e. The Morgan fingerprint density at radius 2 is 1.77 bits per heavy atom. The van der Waals surface area contributed by atoms with Crippen molar-refractivity contribution in [2.45, 2.75) is 38.6 Å². The van der Waals surface area contributed by atoms with E-state index in [2.05, 4.69) is 10.2 Å². The molecule has 26 heavy (non-hydrogen) atoms. The number of hydrogen-bond acceptors (Lipinski definition) is 4. The Labute approximate surface area is 163 Å². The van der Waals surface area contributed by atoms with Crippen LogP contribution >= 0.6 is 12.4 Å². The zero-order chi connectivity index (χ0) is 17.5. The fraction of sp³-hybridized carbons (Fsp3) is 0.650. The molecule has 1 saturated heterocycles. The molecule has 3 N–H and O–H groups in total. The van der Waals surface area contributed by atoms with Gasteiger partial charge in [0.15, 0.2) is 0 Å². The van der Waals surface area contributed by atoms with Crippen molar-refractivity contribution in [3.63, 3.8) is 0 Å². The number of nitrogens with two attached hydrogens (primary N) is 1. The number of amides is 1. The summed E-state index contributed by atoms with van der Waals surface area (Å²) in [6.45, 7) is 6.02. The molecular weight excluding hydrogens is 350 g/mol. The number of halogens is 1. The van der Waals surface area contributed by atoms with Crippen LogP contribution in [-0.4, -0.2) is 50.2 Å². The molecule has 1 aromatic carbocycles. The quantitative estimate of drug-likeness (QED) is 0.794. The van der Waals surface area contributed by atoms with Crippen LogP contribution in [0.25, 0.3) is 0 Å². The maximum atomic E-state index is 12.5. The molecule has 2 aliphatic rings. The van der Waals surface area contributed by atoms with E-state index in [9.17, 15) is 4.79 Å². The number of nitrogens with zero attached hydrogens (tertiary/aromatic N) is 1. The fourth-order valence-corrected chi connectivity index (χ4v) is 4.09. The summed E-state index contributed by atoms with van der Waals surface area (Å²) in [4.78, 5) is 15.1. The minimum Gasteiger partial charge on any atom is -0.379 e. The second-order valence-corrected chi connectivity index (χ2v) is 7.53. The van der Waals surface area contributed by atoms with Gasteiger partial charge >= 0.3 is 0 Å². The molecule has 5 nitrogen and oxygen atoms in total. The Hall–Kier alpha value is -1.14. The molecular formula is C20H32ClN3O2. The Balaban J connectivity index is 0.00000243. The van der Waals surface area contributed by atoms with E-state index in [4.69, 9.17) is 10.5 Å². The van der Waals surface area contributed by atoms with Crippen LogP contribution in [0.5, 0.6) is 0 Å². The van der Waals surface area contributed by atoms with Gasteiger partial charge in [-0.1, -0.05) is 31.4 Å². The zero-order valence-corrected chi connectivity index (χ0v) is 16.4. The standard InChI is InChI=1S/C20H31N3O2.ClH/c21-14-17-4-6-18(7-5-17)19(24)22-15-20(8-2-1-3-9-20)16-23-10-12-25-13-11-23;/h4-7H,1-3,8-16,21H2,(H,22,24);1H. The van der Waals surface area contributed by atoms with E-state index in [1.807, 2.05) is 24.3 Å². The third-order valence-corrected chi connectivity index (χ3v) is 5.65. The van der Waals surface area contributed by atoms with Crippen LogP contribution in [0.3, 0.4) is 0 Å². The van der Waals surface area contributed by atoms with Gasteiger partial charge in [-0.05, 0) is 30.5 Å². The highest BCUT2D eigenvalue weighted by molar-refractivity contribution is 5.94. The zero-order valence-electron chi connectivity index (χ0n) is 15.5. The monoisotopic (exact) mass is 381 g/mol. The molecule has 0 bridgehead atoms. The summed E-state index contributed by atoms with van der Waals surface area (Å²) in [5, 5.41) is 3.21. The normalized spacial score (nSPS) is 20.2. The van der Waals surface area contributed by atoms with Gasteiger partial charge in [-0.2, -0.15) is 0 Å². The lowest BCUT2D eigenvalue weighted by atomic mass is 9.73. The van der Waals surface area contributed by atoms with Crippen LogP contribution < -0.4 is 11.1 Å². The lowest BCUT2D eigenvalue weighted by Gasteiger charge is -2.42. The van der Waals surface area contributed by atoms with Crippen LogP contribution in [0.2, 0.25) is 0 Å². The van der Waals surface area contributed by atoms with E-state index in [0.717, 1.165) is 50.5 Å². The molecule has 1 amide bonds. The van der Waals surface area contributed by atoms with Crippen molar-refractivity contribution in [1.29, 1.82) is 0 Å². The first kappa shape index (κ1) is 21.2. The van der Waals surface area contributed by atoms with E-state index in [0.29, 0.717) is 6.54 Å². The molecule has 1 aliphatic heterocycles. The van der Waals surface area contributed by atoms with Crippen molar-refractivity contribution in [3.8, 4) is 0 Å². The molecule has 1 heterocycles. The van der Waals surface area contributed by atoms with E-state index in [1.165, 1.54) is 32.1 Å². The van der Waals surface area contributed by atoms with Gasteiger partial charge in [0, 0.05) is 43.7 Å². The smallest absolute Gasteiger partial charge is 0.251 e. The first-order valence-corrected chi connectivity index (χ1v) is 9.58. The van der Waals surface area contributed by atoms with E-state index in [1.54, 1.807) is 0 Å². The minimum absolute atomic E-state index is 0.